The molecule has 0 radical (unpaired) electrons. The van der Waals surface area contributed by atoms with Gasteiger partial charge < -0.3 is 14.5 Å². The molecule has 6 heteroatoms. The topological polar surface area (TPSA) is 77.1 Å². The second-order valence-corrected chi connectivity index (χ2v) is 4.44. The molecule has 0 unspecified atom stereocenters. The highest BCUT2D eigenvalue weighted by Gasteiger charge is 2.14. The standard InChI is InChI=1S/C15H15N3O3/c1-3-20-14-13-12(16-8-17-14)10-7-9(15(19)21-4-2)5-6-11(10)18-13/h5-8,18H,3-4H2,1-2H3. The first-order valence-electron chi connectivity index (χ1n) is 6.81. The zero-order valence-electron chi connectivity index (χ0n) is 11.8. The molecule has 108 valence electrons. The number of benzene rings is 1. The quantitative estimate of drug-likeness (QED) is 0.746. The Bertz CT molecular complexity index is 810. The molecule has 0 saturated heterocycles. The number of esters is 1. The van der Waals surface area contributed by atoms with Gasteiger partial charge in [0.15, 0.2) is 0 Å². The number of fused-ring (bicyclic) bond motifs is 3. The molecule has 0 amide bonds. The Morgan fingerprint density at radius 2 is 2.10 bits per heavy atom. The van der Waals surface area contributed by atoms with Gasteiger partial charge in [-0.05, 0) is 32.0 Å². The van der Waals surface area contributed by atoms with Gasteiger partial charge >= 0.3 is 5.97 Å². The smallest absolute Gasteiger partial charge is 0.338 e. The van der Waals surface area contributed by atoms with Crippen molar-refractivity contribution in [3.05, 3.63) is 30.1 Å². The Morgan fingerprint density at radius 3 is 2.86 bits per heavy atom. The molecule has 1 N–H and O–H groups in total. The van der Waals surface area contributed by atoms with E-state index in [1.165, 1.54) is 6.33 Å². The summed E-state index contributed by atoms with van der Waals surface area (Å²) in [4.78, 5) is 23.5. The van der Waals surface area contributed by atoms with Gasteiger partial charge in [0.25, 0.3) is 0 Å². The maximum atomic E-state index is 11.8. The molecule has 0 atom stereocenters. The number of carbonyl (C=O) groups is 1. The lowest BCUT2D eigenvalue weighted by Crippen LogP contribution is -2.03. The van der Waals surface area contributed by atoms with Crippen molar-refractivity contribution in [2.24, 2.45) is 0 Å². The highest BCUT2D eigenvalue weighted by molar-refractivity contribution is 6.08. The monoisotopic (exact) mass is 285 g/mol. The minimum atomic E-state index is -0.340. The molecule has 0 saturated carbocycles. The minimum Gasteiger partial charge on any atom is -0.476 e. The Labute approximate surface area is 121 Å². The fourth-order valence-electron chi connectivity index (χ4n) is 2.26. The van der Waals surface area contributed by atoms with Crippen molar-refractivity contribution < 1.29 is 14.3 Å². The van der Waals surface area contributed by atoms with Crippen LogP contribution in [-0.2, 0) is 4.74 Å². The van der Waals surface area contributed by atoms with Crippen LogP contribution in [-0.4, -0.2) is 34.1 Å². The molecule has 0 bridgehead atoms. The number of carbonyl (C=O) groups excluding carboxylic acids is 1. The van der Waals surface area contributed by atoms with Crippen molar-refractivity contribution in [1.29, 1.82) is 0 Å². The van der Waals surface area contributed by atoms with E-state index in [0.29, 0.717) is 24.7 Å². The normalized spacial score (nSPS) is 11.0. The van der Waals surface area contributed by atoms with Crippen LogP contribution >= 0.6 is 0 Å². The second kappa shape index (κ2) is 5.40. The van der Waals surface area contributed by atoms with Crippen molar-refractivity contribution in [2.75, 3.05) is 13.2 Å². The highest BCUT2D eigenvalue weighted by atomic mass is 16.5. The van der Waals surface area contributed by atoms with Gasteiger partial charge in [0.1, 0.15) is 17.4 Å². The van der Waals surface area contributed by atoms with Crippen LogP contribution in [0.1, 0.15) is 24.2 Å². The lowest BCUT2D eigenvalue weighted by Gasteiger charge is -2.02. The molecule has 21 heavy (non-hydrogen) atoms. The molecule has 6 nitrogen and oxygen atoms in total. The molecule has 3 rings (SSSR count). The van der Waals surface area contributed by atoms with E-state index < -0.39 is 0 Å². The predicted octanol–water partition coefficient (Wildman–Crippen LogP) is 2.69. The number of nitrogens with one attached hydrogen (secondary N) is 1. The Morgan fingerprint density at radius 1 is 1.24 bits per heavy atom. The Balaban J connectivity index is 2.18. The lowest BCUT2D eigenvalue weighted by molar-refractivity contribution is 0.0526. The molecular formula is C15H15N3O3. The third kappa shape index (κ3) is 2.29. The zero-order chi connectivity index (χ0) is 14.8. The SMILES string of the molecule is CCOC(=O)c1ccc2[nH]c3c(OCC)ncnc3c2c1. The summed E-state index contributed by atoms with van der Waals surface area (Å²) in [5.41, 5.74) is 2.84. The van der Waals surface area contributed by atoms with E-state index in [0.717, 1.165) is 21.9 Å². The second-order valence-electron chi connectivity index (χ2n) is 4.44. The molecule has 0 fully saturated rings. The number of ether oxygens (including phenoxy) is 2. The summed E-state index contributed by atoms with van der Waals surface area (Å²) in [6, 6.07) is 5.33. The summed E-state index contributed by atoms with van der Waals surface area (Å²) in [5, 5.41) is 0.846. The first kappa shape index (κ1) is 13.4. The number of aromatic nitrogens is 3. The molecule has 0 aliphatic heterocycles. The first-order chi connectivity index (χ1) is 10.2. The summed E-state index contributed by atoms with van der Waals surface area (Å²) < 4.78 is 10.5. The average molecular weight is 285 g/mol. The molecule has 0 spiro atoms. The third-order valence-electron chi connectivity index (χ3n) is 3.14. The van der Waals surface area contributed by atoms with Gasteiger partial charge in [-0.2, -0.15) is 4.98 Å². The van der Waals surface area contributed by atoms with Gasteiger partial charge in [-0.25, -0.2) is 9.78 Å². The average Bonchev–Trinajstić information content (AvgIpc) is 2.87. The Hall–Kier alpha value is -2.63. The molecule has 2 aromatic heterocycles. The van der Waals surface area contributed by atoms with Gasteiger partial charge in [-0.15, -0.1) is 0 Å². The summed E-state index contributed by atoms with van der Waals surface area (Å²) in [6.07, 6.45) is 1.46. The van der Waals surface area contributed by atoms with E-state index in [1.54, 1.807) is 19.1 Å². The fraction of sp³-hybridized carbons (Fsp3) is 0.267. The van der Waals surface area contributed by atoms with Crippen LogP contribution in [0, 0.1) is 0 Å². The minimum absolute atomic E-state index is 0.340. The summed E-state index contributed by atoms with van der Waals surface area (Å²) in [7, 11) is 0. The number of hydrogen-bond donors (Lipinski definition) is 1. The molecule has 1 aromatic carbocycles. The van der Waals surface area contributed by atoms with Gasteiger partial charge in [-0.1, -0.05) is 0 Å². The maximum absolute atomic E-state index is 11.8. The van der Waals surface area contributed by atoms with Crippen LogP contribution in [0.15, 0.2) is 24.5 Å². The van der Waals surface area contributed by atoms with Crippen molar-refractivity contribution >= 4 is 27.9 Å². The number of hydrogen-bond acceptors (Lipinski definition) is 5. The van der Waals surface area contributed by atoms with Crippen LogP contribution in [0.5, 0.6) is 5.88 Å². The van der Waals surface area contributed by atoms with E-state index in [1.807, 2.05) is 13.0 Å². The molecule has 0 aliphatic carbocycles. The summed E-state index contributed by atoms with van der Waals surface area (Å²) in [5.74, 6) is 0.171. The highest BCUT2D eigenvalue weighted by Crippen LogP contribution is 2.29. The summed E-state index contributed by atoms with van der Waals surface area (Å²) >= 11 is 0. The summed E-state index contributed by atoms with van der Waals surface area (Å²) in [6.45, 7) is 4.55. The van der Waals surface area contributed by atoms with Crippen molar-refractivity contribution in [3.8, 4) is 5.88 Å². The van der Waals surface area contributed by atoms with Gasteiger partial charge in [-0.3, -0.25) is 0 Å². The van der Waals surface area contributed by atoms with E-state index in [4.69, 9.17) is 9.47 Å². The van der Waals surface area contributed by atoms with Gasteiger partial charge in [0, 0.05) is 10.9 Å². The third-order valence-corrected chi connectivity index (χ3v) is 3.14. The number of rotatable bonds is 4. The van der Waals surface area contributed by atoms with Crippen LogP contribution in [0.2, 0.25) is 0 Å². The number of H-pyrrole nitrogens is 1. The van der Waals surface area contributed by atoms with Crippen molar-refractivity contribution in [2.45, 2.75) is 13.8 Å². The first-order valence-corrected chi connectivity index (χ1v) is 6.81. The van der Waals surface area contributed by atoms with E-state index >= 15 is 0 Å². The largest absolute Gasteiger partial charge is 0.476 e. The van der Waals surface area contributed by atoms with Crippen LogP contribution in [0.4, 0.5) is 0 Å². The van der Waals surface area contributed by atoms with Gasteiger partial charge in [0.05, 0.1) is 18.8 Å². The van der Waals surface area contributed by atoms with Gasteiger partial charge in [0.2, 0.25) is 5.88 Å². The maximum Gasteiger partial charge on any atom is 0.338 e. The predicted molar refractivity (Wildman–Crippen MR) is 78.5 cm³/mol. The molecular weight excluding hydrogens is 270 g/mol. The van der Waals surface area contributed by atoms with Crippen molar-refractivity contribution in [3.63, 3.8) is 0 Å². The number of aromatic amines is 1. The lowest BCUT2D eigenvalue weighted by atomic mass is 10.1. The molecule has 3 aromatic rings. The van der Waals surface area contributed by atoms with Crippen LogP contribution in [0.3, 0.4) is 0 Å². The molecule has 0 aliphatic rings. The van der Waals surface area contributed by atoms with E-state index in [2.05, 4.69) is 15.0 Å². The van der Waals surface area contributed by atoms with Crippen molar-refractivity contribution in [1.82, 2.24) is 15.0 Å². The van der Waals surface area contributed by atoms with Crippen LogP contribution in [0.25, 0.3) is 21.9 Å². The zero-order valence-corrected chi connectivity index (χ0v) is 11.8. The fourth-order valence-corrected chi connectivity index (χ4v) is 2.26. The van der Waals surface area contributed by atoms with E-state index in [9.17, 15) is 4.79 Å². The van der Waals surface area contributed by atoms with Crippen LogP contribution < -0.4 is 4.74 Å². The van der Waals surface area contributed by atoms with E-state index in [-0.39, 0.29) is 5.97 Å². The number of nitrogens with zero attached hydrogens (tertiary/aromatic N) is 2. The Kier molecular flexibility index (Phi) is 3.43. The molecule has 2 heterocycles.